The highest BCUT2D eigenvalue weighted by Crippen LogP contribution is 2.66. The van der Waals surface area contributed by atoms with Crippen LogP contribution in [0.15, 0.2) is 30.6 Å². The van der Waals surface area contributed by atoms with Crippen LogP contribution >= 0.6 is 0 Å². The SMILES string of the molecule is CC1NC(=O)CC[C@@]2(C)C1CC[C@@H]1[C@@H]2CC[C@]2(C)C(c3cccnc3)=CC[C@@H]12. The van der Waals surface area contributed by atoms with Crippen LogP contribution in [0.1, 0.15) is 71.3 Å². The largest absolute Gasteiger partial charge is 0.353 e. The molecule has 3 fully saturated rings. The summed E-state index contributed by atoms with van der Waals surface area (Å²) in [5.41, 5.74) is 3.46. The van der Waals surface area contributed by atoms with Crippen molar-refractivity contribution in [3.8, 4) is 0 Å². The molecular weight excluding hydrogens is 344 g/mol. The summed E-state index contributed by atoms with van der Waals surface area (Å²) < 4.78 is 0. The van der Waals surface area contributed by atoms with Crippen LogP contribution in [0, 0.1) is 34.5 Å². The third-order valence-corrected chi connectivity index (χ3v) is 9.38. The van der Waals surface area contributed by atoms with Crippen molar-refractivity contribution in [2.75, 3.05) is 0 Å². The topological polar surface area (TPSA) is 42.0 Å². The van der Waals surface area contributed by atoms with Gasteiger partial charge in [0.05, 0.1) is 0 Å². The van der Waals surface area contributed by atoms with Crippen LogP contribution in [0.4, 0.5) is 0 Å². The van der Waals surface area contributed by atoms with Crippen molar-refractivity contribution in [3.63, 3.8) is 0 Å². The van der Waals surface area contributed by atoms with Crippen molar-refractivity contribution in [2.45, 2.75) is 71.8 Å². The zero-order valence-corrected chi connectivity index (χ0v) is 17.6. The van der Waals surface area contributed by atoms with Gasteiger partial charge in [-0.2, -0.15) is 0 Å². The fourth-order valence-electron chi connectivity index (χ4n) is 8.02. The first-order valence-electron chi connectivity index (χ1n) is 11.3. The van der Waals surface area contributed by atoms with Gasteiger partial charge in [-0.25, -0.2) is 0 Å². The minimum absolute atomic E-state index is 0.265. The van der Waals surface area contributed by atoms with Crippen molar-refractivity contribution in [3.05, 3.63) is 36.2 Å². The Hall–Kier alpha value is -1.64. The van der Waals surface area contributed by atoms with Gasteiger partial charge in [0.1, 0.15) is 0 Å². The maximum atomic E-state index is 12.2. The summed E-state index contributed by atoms with van der Waals surface area (Å²) in [5, 5.41) is 3.29. The molecule has 2 unspecified atom stereocenters. The van der Waals surface area contributed by atoms with Gasteiger partial charge in [0.15, 0.2) is 0 Å². The van der Waals surface area contributed by atoms with Gasteiger partial charge < -0.3 is 5.32 Å². The molecule has 1 aliphatic heterocycles. The summed E-state index contributed by atoms with van der Waals surface area (Å²) in [6.45, 7) is 7.30. The Bertz CT molecular complexity index is 802. The van der Waals surface area contributed by atoms with Gasteiger partial charge >= 0.3 is 0 Å². The zero-order chi connectivity index (χ0) is 19.5. The minimum Gasteiger partial charge on any atom is -0.353 e. The lowest BCUT2D eigenvalue weighted by molar-refractivity contribution is -0.121. The highest BCUT2D eigenvalue weighted by atomic mass is 16.1. The molecule has 28 heavy (non-hydrogen) atoms. The third kappa shape index (κ3) is 2.54. The Labute approximate surface area is 169 Å². The molecule has 1 aromatic rings. The van der Waals surface area contributed by atoms with Crippen molar-refractivity contribution >= 4 is 11.5 Å². The smallest absolute Gasteiger partial charge is 0.220 e. The van der Waals surface area contributed by atoms with E-state index >= 15 is 0 Å². The van der Waals surface area contributed by atoms with Crippen LogP contribution in [0.2, 0.25) is 0 Å². The van der Waals surface area contributed by atoms with Gasteiger partial charge in [0.2, 0.25) is 5.91 Å². The van der Waals surface area contributed by atoms with E-state index in [4.69, 9.17) is 0 Å². The van der Waals surface area contributed by atoms with Crippen LogP contribution in [0.5, 0.6) is 0 Å². The molecule has 0 radical (unpaired) electrons. The predicted molar refractivity (Wildman–Crippen MR) is 112 cm³/mol. The number of aromatic nitrogens is 1. The lowest BCUT2D eigenvalue weighted by Gasteiger charge is -2.59. The highest BCUT2D eigenvalue weighted by Gasteiger charge is 2.58. The summed E-state index contributed by atoms with van der Waals surface area (Å²) in [4.78, 5) is 16.6. The standard InChI is InChI=1S/C25H34N2O/c1-16-19-7-6-18-21-9-8-20(17-5-4-14-26-15-17)25(21,3)12-10-22(18)24(19,2)13-11-23(28)27-16/h4-5,8,14-16,18-19,21-22H,6-7,9-13H2,1-3H3,(H,27,28)/t16?,18-,19?,21-,22-,24-,25+/m0/s1. The number of fused-ring (bicyclic) bond motifs is 5. The second-order valence-electron chi connectivity index (χ2n) is 10.5. The molecule has 1 N–H and O–H groups in total. The maximum Gasteiger partial charge on any atom is 0.220 e. The van der Waals surface area contributed by atoms with E-state index in [1.807, 2.05) is 12.4 Å². The monoisotopic (exact) mass is 378 g/mol. The molecule has 150 valence electrons. The summed E-state index contributed by atoms with van der Waals surface area (Å²) in [6, 6.07) is 4.63. The molecule has 7 atom stereocenters. The molecule has 1 aromatic heterocycles. The number of nitrogens with zero attached hydrogens (tertiary/aromatic N) is 1. The molecular formula is C25H34N2O. The van der Waals surface area contributed by atoms with Crippen molar-refractivity contribution in [1.82, 2.24) is 10.3 Å². The summed E-state index contributed by atoms with van der Waals surface area (Å²) in [7, 11) is 0. The molecule has 4 aliphatic rings. The molecule has 0 bridgehead atoms. The van der Waals surface area contributed by atoms with Gasteiger partial charge in [-0.05, 0) is 97.2 Å². The second kappa shape index (κ2) is 6.43. The number of nitrogens with one attached hydrogen (secondary N) is 1. The van der Waals surface area contributed by atoms with Crippen LogP contribution in [0.25, 0.3) is 5.57 Å². The molecule has 1 amide bonds. The average molecular weight is 379 g/mol. The van der Waals surface area contributed by atoms with E-state index in [0.717, 1.165) is 24.2 Å². The number of carbonyl (C=O) groups is 1. The Morgan fingerprint density at radius 2 is 1.96 bits per heavy atom. The molecule has 2 heterocycles. The van der Waals surface area contributed by atoms with Crippen molar-refractivity contribution in [2.24, 2.45) is 34.5 Å². The molecule has 2 saturated carbocycles. The molecule has 0 spiro atoms. The van der Waals surface area contributed by atoms with Gasteiger partial charge in [0.25, 0.3) is 0 Å². The van der Waals surface area contributed by atoms with Crippen molar-refractivity contribution < 1.29 is 4.79 Å². The molecule has 5 rings (SSSR count). The number of hydrogen-bond acceptors (Lipinski definition) is 2. The maximum absolute atomic E-state index is 12.2. The van der Waals surface area contributed by atoms with Gasteiger partial charge in [0, 0.05) is 24.9 Å². The van der Waals surface area contributed by atoms with E-state index in [1.165, 1.54) is 37.7 Å². The third-order valence-electron chi connectivity index (χ3n) is 9.38. The van der Waals surface area contributed by atoms with E-state index < -0.39 is 0 Å². The number of allylic oxidation sites excluding steroid dienone is 2. The lowest BCUT2D eigenvalue weighted by atomic mass is 9.45. The van der Waals surface area contributed by atoms with Gasteiger partial charge in [-0.15, -0.1) is 0 Å². The molecule has 3 nitrogen and oxygen atoms in total. The summed E-state index contributed by atoms with van der Waals surface area (Å²) in [5.74, 6) is 3.21. The number of pyridine rings is 1. The Balaban J connectivity index is 1.46. The van der Waals surface area contributed by atoms with Crippen LogP contribution in [-0.4, -0.2) is 16.9 Å². The van der Waals surface area contributed by atoms with Crippen molar-refractivity contribution in [1.29, 1.82) is 0 Å². The highest BCUT2D eigenvalue weighted by molar-refractivity contribution is 5.76. The van der Waals surface area contributed by atoms with Crippen LogP contribution < -0.4 is 5.32 Å². The lowest BCUT2D eigenvalue weighted by Crippen LogP contribution is -2.54. The van der Waals surface area contributed by atoms with Crippen LogP contribution in [0.3, 0.4) is 0 Å². The van der Waals surface area contributed by atoms with E-state index in [-0.39, 0.29) is 11.3 Å². The molecule has 1 saturated heterocycles. The van der Waals surface area contributed by atoms with Crippen LogP contribution in [-0.2, 0) is 4.79 Å². The van der Waals surface area contributed by atoms with E-state index in [9.17, 15) is 4.79 Å². The zero-order valence-electron chi connectivity index (χ0n) is 17.6. The Morgan fingerprint density at radius 3 is 2.75 bits per heavy atom. The number of hydrogen-bond donors (Lipinski definition) is 1. The Morgan fingerprint density at radius 1 is 1.11 bits per heavy atom. The quantitative estimate of drug-likeness (QED) is 0.727. The summed E-state index contributed by atoms with van der Waals surface area (Å²) >= 11 is 0. The molecule has 3 heteroatoms. The fraction of sp³-hybridized carbons (Fsp3) is 0.680. The first kappa shape index (κ1) is 18.4. The normalized spacial score (nSPS) is 45.2. The Kier molecular flexibility index (Phi) is 4.23. The second-order valence-corrected chi connectivity index (χ2v) is 10.5. The van der Waals surface area contributed by atoms with Gasteiger partial charge in [-0.3, -0.25) is 9.78 Å². The molecule has 0 aromatic carbocycles. The van der Waals surface area contributed by atoms with E-state index in [2.05, 4.69) is 49.3 Å². The predicted octanol–water partition coefficient (Wildman–Crippen LogP) is 5.23. The summed E-state index contributed by atoms with van der Waals surface area (Å²) in [6.07, 6.45) is 14.6. The van der Waals surface area contributed by atoms with Gasteiger partial charge in [-0.1, -0.05) is 26.0 Å². The van der Waals surface area contributed by atoms with E-state index in [1.54, 1.807) is 5.57 Å². The minimum atomic E-state index is 0.265. The first-order valence-corrected chi connectivity index (χ1v) is 11.3. The number of amides is 1. The fourth-order valence-corrected chi connectivity index (χ4v) is 8.02. The number of rotatable bonds is 1. The number of carbonyl (C=O) groups excluding carboxylic acids is 1. The van der Waals surface area contributed by atoms with E-state index in [0.29, 0.717) is 23.8 Å². The average Bonchev–Trinajstić information content (AvgIpc) is 2.99. The first-order chi connectivity index (χ1) is 13.4. The molecule has 3 aliphatic carbocycles.